The SMILES string of the molecule is CCn1cc(C(=O)/C=C/c2ccc(F)cc2)c(=O)c2cc(F)c(N3CCNC(C)C3)c(F)c21. The molecule has 1 saturated heterocycles. The molecule has 3 aromatic rings. The maximum atomic E-state index is 15.6. The number of aryl methyl sites for hydroxylation is 1. The van der Waals surface area contributed by atoms with Gasteiger partial charge in [0.1, 0.15) is 17.3 Å². The molecule has 0 bridgehead atoms. The quantitative estimate of drug-likeness (QED) is 0.464. The summed E-state index contributed by atoms with van der Waals surface area (Å²) in [5, 5.41) is 3.05. The Morgan fingerprint density at radius 3 is 2.61 bits per heavy atom. The van der Waals surface area contributed by atoms with Crippen LogP contribution in [0.15, 0.2) is 47.4 Å². The van der Waals surface area contributed by atoms with Crippen LogP contribution >= 0.6 is 0 Å². The summed E-state index contributed by atoms with van der Waals surface area (Å²) in [5.41, 5.74) is -0.531. The molecule has 2 heterocycles. The zero-order valence-corrected chi connectivity index (χ0v) is 18.4. The molecular weight excluding hydrogens is 431 g/mol. The Kier molecular flexibility index (Phi) is 6.37. The molecule has 1 atom stereocenters. The molecule has 2 aromatic carbocycles. The third-order valence-electron chi connectivity index (χ3n) is 5.82. The topological polar surface area (TPSA) is 54.3 Å². The number of halogens is 3. The normalized spacial score (nSPS) is 16.6. The van der Waals surface area contributed by atoms with Crippen LogP contribution in [-0.2, 0) is 6.54 Å². The molecule has 33 heavy (non-hydrogen) atoms. The highest BCUT2D eigenvalue weighted by molar-refractivity contribution is 6.08. The third kappa shape index (κ3) is 4.43. The van der Waals surface area contributed by atoms with Gasteiger partial charge in [-0.05, 0) is 43.7 Å². The van der Waals surface area contributed by atoms with Gasteiger partial charge in [-0.25, -0.2) is 13.2 Å². The van der Waals surface area contributed by atoms with E-state index in [0.717, 1.165) is 6.07 Å². The minimum absolute atomic E-state index is 0.0239. The first-order valence-corrected chi connectivity index (χ1v) is 10.8. The first-order valence-electron chi connectivity index (χ1n) is 10.8. The van der Waals surface area contributed by atoms with E-state index >= 15 is 8.78 Å². The van der Waals surface area contributed by atoms with E-state index in [4.69, 9.17) is 0 Å². The highest BCUT2D eigenvalue weighted by Gasteiger charge is 2.26. The van der Waals surface area contributed by atoms with Gasteiger partial charge in [0.15, 0.2) is 11.6 Å². The lowest BCUT2D eigenvalue weighted by Crippen LogP contribution is -2.49. The van der Waals surface area contributed by atoms with Crippen molar-refractivity contribution in [2.24, 2.45) is 0 Å². The molecule has 0 amide bonds. The number of carbonyl (C=O) groups excluding carboxylic acids is 1. The molecule has 0 aliphatic carbocycles. The summed E-state index contributed by atoms with van der Waals surface area (Å²) in [7, 11) is 0. The number of ketones is 1. The highest BCUT2D eigenvalue weighted by atomic mass is 19.1. The van der Waals surface area contributed by atoms with E-state index in [2.05, 4.69) is 5.32 Å². The minimum atomic E-state index is -0.833. The molecular formula is C25H24F3N3O2. The largest absolute Gasteiger partial charge is 0.364 e. The second kappa shape index (κ2) is 9.23. The summed E-state index contributed by atoms with van der Waals surface area (Å²) in [6.45, 7) is 5.42. The van der Waals surface area contributed by atoms with Gasteiger partial charge >= 0.3 is 0 Å². The summed E-state index contributed by atoms with van der Waals surface area (Å²) in [4.78, 5) is 27.5. The van der Waals surface area contributed by atoms with Crippen molar-refractivity contribution >= 4 is 28.4 Å². The number of piperazine rings is 1. The summed E-state index contributed by atoms with van der Waals surface area (Å²) >= 11 is 0. The van der Waals surface area contributed by atoms with Crippen molar-refractivity contribution in [1.29, 1.82) is 0 Å². The van der Waals surface area contributed by atoms with Crippen molar-refractivity contribution in [3.8, 4) is 0 Å². The molecule has 0 spiro atoms. The third-order valence-corrected chi connectivity index (χ3v) is 5.82. The van der Waals surface area contributed by atoms with E-state index in [-0.39, 0.29) is 34.7 Å². The number of allylic oxidation sites excluding steroid dienone is 1. The molecule has 8 heteroatoms. The monoisotopic (exact) mass is 455 g/mol. The van der Waals surface area contributed by atoms with Crippen LogP contribution in [0.25, 0.3) is 17.0 Å². The van der Waals surface area contributed by atoms with E-state index in [1.807, 2.05) is 6.92 Å². The predicted octanol–water partition coefficient (Wildman–Crippen LogP) is 4.13. The number of nitrogens with zero attached hydrogens (tertiary/aromatic N) is 2. The standard InChI is InChI=1S/C25H24F3N3O2/c1-3-30-14-19(21(32)9-6-16-4-7-17(26)8-5-16)25(33)18-12-20(27)24(22(28)23(18)30)31-11-10-29-15(2)13-31/h4-9,12,14-15,29H,3,10-11,13H2,1-2H3/b9-6+. The van der Waals surface area contributed by atoms with Crippen molar-refractivity contribution in [2.75, 3.05) is 24.5 Å². The summed E-state index contributed by atoms with van der Waals surface area (Å²) in [5.74, 6) is -2.65. The van der Waals surface area contributed by atoms with E-state index in [1.165, 1.54) is 47.2 Å². The van der Waals surface area contributed by atoms with Crippen molar-refractivity contribution in [2.45, 2.75) is 26.4 Å². The molecule has 1 unspecified atom stereocenters. The van der Waals surface area contributed by atoms with Crippen LogP contribution in [0.4, 0.5) is 18.9 Å². The lowest BCUT2D eigenvalue weighted by atomic mass is 10.0. The van der Waals surface area contributed by atoms with Crippen LogP contribution in [0.2, 0.25) is 0 Å². The van der Waals surface area contributed by atoms with E-state index < -0.39 is 28.7 Å². The van der Waals surface area contributed by atoms with Crippen LogP contribution in [0.5, 0.6) is 0 Å². The lowest BCUT2D eigenvalue weighted by Gasteiger charge is -2.34. The molecule has 5 nitrogen and oxygen atoms in total. The molecule has 0 saturated carbocycles. The average Bonchev–Trinajstić information content (AvgIpc) is 2.79. The maximum Gasteiger partial charge on any atom is 0.200 e. The number of benzene rings is 2. The molecule has 172 valence electrons. The molecule has 1 fully saturated rings. The summed E-state index contributed by atoms with van der Waals surface area (Å²) in [6, 6.07) is 6.59. The lowest BCUT2D eigenvalue weighted by molar-refractivity contribution is 0.104. The average molecular weight is 455 g/mol. The fourth-order valence-electron chi connectivity index (χ4n) is 4.16. The highest BCUT2D eigenvalue weighted by Crippen LogP contribution is 2.30. The Bertz CT molecular complexity index is 1300. The number of aromatic nitrogens is 1. The number of anilines is 1. The number of hydrogen-bond acceptors (Lipinski definition) is 4. The van der Waals surface area contributed by atoms with E-state index in [1.54, 1.807) is 11.8 Å². The first-order chi connectivity index (χ1) is 15.8. The van der Waals surface area contributed by atoms with Gasteiger partial charge in [0.2, 0.25) is 5.43 Å². The number of carbonyl (C=O) groups is 1. The Morgan fingerprint density at radius 1 is 1.21 bits per heavy atom. The van der Waals surface area contributed by atoms with Crippen LogP contribution in [0.3, 0.4) is 0 Å². The van der Waals surface area contributed by atoms with Gasteiger partial charge < -0.3 is 14.8 Å². The Hall–Kier alpha value is -3.39. The Labute approximate surface area is 189 Å². The number of pyridine rings is 1. The fourth-order valence-corrected chi connectivity index (χ4v) is 4.16. The molecule has 1 aromatic heterocycles. The van der Waals surface area contributed by atoms with Crippen LogP contribution in [-0.4, -0.2) is 36.0 Å². The van der Waals surface area contributed by atoms with E-state index in [0.29, 0.717) is 25.2 Å². The Balaban J connectivity index is 1.80. The maximum absolute atomic E-state index is 15.6. The van der Waals surface area contributed by atoms with E-state index in [9.17, 15) is 14.0 Å². The van der Waals surface area contributed by atoms with Crippen molar-refractivity contribution in [1.82, 2.24) is 9.88 Å². The van der Waals surface area contributed by atoms with Crippen LogP contribution in [0.1, 0.15) is 29.8 Å². The van der Waals surface area contributed by atoms with Gasteiger partial charge in [-0.2, -0.15) is 0 Å². The van der Waals surface area contributed by atoms with Crippen molar-refractivity contribution in [3.05, 3.63) is 81.4 Å². The summed E-state index contributed by atoms with van der Waals surface area (Å²) in [6.07, 6.45) is 3.96. The zero-order valence-electron chi connectivity index (χ0n) is 18.4. The van der Waals surface area contributed by atoms with Gasteiger partial charge in [0.05, 0.1) is 16.5 Å². The smallest absolute Gasteiger partial charge is 0.200 e. The zero-order chi connectivity index (χ0) is 23.7. The molecule has 1 aliphatic heterocycles. The number of hydrogen-bond donors (Lipinski definition) is 1. The molecule has 0 radical (unpaired) electrons. The number of rotatable bonds is 5. The van der Waals surface area contributed by atoms with Gasteiger partial charge in [0, 0.05) is 38.4 Å². The van der Waals surface area contributed by atoms with Crippen molar-refractivity contribution < 1.29 is 18.0 Å². The molecule has 4 rings (SSSR count). The van der Waals surface area contributed by atoms with Crippen LogP contribution < -0.4 is 15.6 Å². The second-order valence-electron chi connectivity index (χ2n) is 8.13. The minimum Gasteiger partial charge on any atom is -0.364 e. The van der Waals surface area contributed by atoms with Gasteiger partial charge in [-0.3, -0.25) is 9.59 Å². The van der Waals surface area contributed by atoms with Crippen molar-refractivity contribution in [3.63, 3.8) is 0 Å². The Morgan fingerprint density at radius 2 is 1.94 bits per heavy atom. The van der Waals surface area contributed by atoms with Gasteiger partial charge in [-0.1, -0.05) is 18.2 Å². The van der Waals surface area contributed by atoms with Gasteiger partial charge in [0.25, 0.3) is 0 Å². The second-order valence-corrected chi connectivity index (χ2v) is 8.13. The van der Waals surface area contributed by atoms with Gasteiger partial charge in [-0.15, -0.1) is 0 Å². The van der Waals surface area contributed by atoms with Crippen LogP contribution in [0, 0.1) is 17.5 Å². The first kappa shape index (κ1) is 22.8. The fraction of sp³-hybridized carbons (Fsp3) is 0.280. The molecule has 1 N–H and O–H groups in total. The predicted molar refractivity (Wildman–Crippen MR) is 123 cm³/mol. The number of fused-ring (bicyclic) bond motifs is 1. The molecule has 1 aliphatic rings. The number of nitrogens with one attached hydrogen (secondary N) is 1. The summed E-state index contributed by atoms with van der Waals surface area (Å²) < 4.78 is 45.2.